The molecule has 4 rings (SSSR count). The van der Waals surface area contributed by atoms with Gasteiger partial charge in [-0.1, -0.05) is 23.8 Å². The monoisotopic (exact) mass is 402 g/mol. The molecule has 1 atom stereocenters. The molecule has 0 saturated carbocycles. The molecule has 30 heavy (non-hydrogen) atoms. The maximum Gasteiger partial charge on any atom is 0.300 e. The maximum absolute atomic E-state index is 13.3. The number of benzene rings is 2. The van der Waals surface area contributed by atoms with E-state index in [0.717, 1.165) is 11.1 Å². The first-order chi connectivity index (χ1) is 14.4. The average molecular weight is 402 g/mol. The fourth-order valence-electron chi connectivity index (χ4n) is 3.77. The molecule has 3 aromatic rings. The Kier molecular flexibility index (Phi) is 4.91. The van der Waals surface area contributed by atoms with Gasteiger partial charge in [0, 0.05) is 23.6 Å². The minimum absolute atomic E-state index is 0.0559. The highest BCUT2D eigenvalue weighted by molar-refractivity contribution is 6.51. The van der Waals surface area contributed by atoms with Crippen molar-refractivity contribution >= 4 is 23.1 Å². The minimum Gasteiger partial charge on any atom is -0.507 e. The normalized spacial score (nSPS) is 18.1. The molecule has 5 nitrogen and oxygen atoms in total. The number of nitrogens with zero attached hydrogens (tertiary/aromatic N) is 2. The third-order valence-corrected chi connectivity index (χ3v) is 5.17. The first-order valence-corrected chi connectivity index (χ1v) is 9.42. The summed E-state index contributed by atoms with van der Waals surface area (Å²) in [5.41, 5.74) is 3.21. The molecule has 1 fully saturated rings. The summed E-state index contributed by atoms with van der Waals surface area (Å²) in [7, 11) is 0. The Morgan fingerprint density at radius 3 is 2.43 bits per heavy atom. The average Bonchev–Trinajstić information content (AvgIpc) is 3.00. The van der Waals surface area contributed by atoms with Gasteiger partial charge in [-0.25, -0.2) is 4.39 Å². The molecule has 2 heterocycles. The van der Waals surface area contributed by atoms with Crippen molar-refractivity contribution in [3.05, 3.63) is 101 Å². The molecule has 0 aliphatic carbocycles. The van der Waals surface area contributed by atoms with Crippen molar-refractivity contribution in [1.29, 1.82) is 0 Å². The van der Waals surface area contributed by atoms with E-state index in [4.69, 9.17) is 0 Å². The van der Waals surface area contributed by atoms with Crippen LogP contribution in [0.4, 0.5) is 10.1 Å². The Balaban J connectivity index is 1.96. The summed E-state index contributed by atoms with van der Waals surface area (Å²) in [6, 6.07) is 13.3. The lowest BCUT2D eigenvalue weighted by Crippen LogP contribution is -2.30. The van der Waals surface area contributed by atoms with Gasteiger partial charge in [-0.3, -0.25) is 19.5 Å². The van der Waals surface area contributed by atoms with Gasteiger partial charge in [0.2, 0.25) is 0 Å². The van der Waals surface area contributed by atoms with Crippen molar-refractivity contribution in [3.63, 3.8) is 0 Å². The number of carbonyl (C=O) groups is 2. The third-order valence-electron chi connectivity index (χ3n) is 5.17. The number of aromatic nitrogens is 1. The Hall–Kier alpha value is -3.80. The summed E-state index contributed by atoms with van der Waals surface area (Å²) < 4.78 is 13.3. The van der Waals surface area contributed by atoms with Gasteiger partial charge < -0.3 is 5.11 Å². The maximum atomic E-state index is 13.3. The SMILES string of the molecule is Cc1ccc(N2C(=O)C(=O)/C(=C(/O)c3ccc(F)cc3)C2c2cccnc2)c(C)c1. The van der Waals surface area contributed by atoms with Gasteiger partial charge in [0.05, 0.1) is 11.6 Å². The molecule has 0 radical (unpaired) electrons. The zero-order valence-corrected chi connectivity index (χ0v) is 16.5. The molecule has 1 N–H and O–H groups in total. The van der Waals surface area contributed by atoms with Gasteiger partial charge >= 0.3 is 0 Å². The summed E-state index contributed by atoms with van der Waals surface area (Å²) in [5, 5.41) is 10.9. The molecule has 1 aliphatic heterocycles. The van der Waals surface area contributed by atoms with Crippen molar-refractivity contribution in [1.82, 2.24) is 4.98 Å². The van der Waals surface area contributed by atoms with Crippen LogP contribution < -0.4 is 4.90 Å². The number of aryl methyl sites for hydroxylation is 2. The molecule has 1 unspecified atom stereocenters. The van der Waals surface area contributed by atoms with Crippen molar-refractivity contribution in [2.45, 2.75) is 19.9 Å². The smallest absolute Gasteiger partial charge is 0.300 e. The lowest BCUT2D eigenvalue weighted by Gasteiger charge is -2.26. The lowest BCUT2D eigenvalue weighted by molar-refractivity contribution is -0.132. The zero-order chi connectivity index (χ0) is 21.4. The number of aliphatic hydroxyl groups is 1. The van der Waals surface area contributed by atoms with Gasteiger partial charge in [-0.05, 0) is 61.4 Å². The van der Waals surface area contributed by atoms with Crippen molar-refractivity contribution in [3.8, 4) is 0 Å². The van der Waals surface area contributed by atoms with Crippen LogP contribution in [-0.2, 0) is 9.59 Å². The number of halogens is 1. The number of anilines is 1. The number of carbonyl (C=O) groups excluding carboxylic acids is 2. The predicted molar refractivity (Wildman–Crippen MR) is 111 cm³/mol. The molecule has 0 bridgehead atoms. The molecule has 1 amide bonds. The second-order valence-corrected chi connectivity index (χ2v) is 7.25. The highest BCUT2D eigenvalue weighted by Gasteiger charge is 2.47. The van der Waals surface area contributed by atoms with Crippen LogP contribution in [0.3, 0.4) is 0 Å². The Labute approximate surface area is 173 Å². The van der Waals surface area contributed by atoms with Crippen LogP contribution in [0.25, 0.3) is 5.76 Å². The van der Waals surface area contributed by atoms with Crippen LogP contribution >= 0.6 is 0 Å². The van der Waals surface area contributed by atoms with Gasteiger partial charge in [0.15, 0.2) is 0 Å². The first kappa shape index (κ1) is 19.5. The Morgan fingerprint density at radius 1 is 1.07 bits per heavy atom. The van der Waals surface area contributed by atoms with Crippen LogP contribution in [0, 0.1) is 19.7 Å². The highest BCUT2D eigenvalue weighted by Crippen LogP contribution is 2.42. The van der Waals surface area contributed by atoms with Gasteiger partial charge in [-0.15, -0.1) is 0 Å². The minimum atomic E-state index is -0.856. The number of hydrogen-bond acceptors (Lipinski definition) is 4. The number of hydrogen-bond donors (Lipinski definition) is 1. The molecule has 2 aromatic carbocycles. The highest BCUT2D eigenvalue weighted by atomic mass is 19.1. The van der Waals surface area contributed by atoms with E-state index in [1.807, 2.05) is 26.0 Å². The van der Waals surface area contributed by atoms with Gasteiger partial charge in [0.1, 0.15) is 11.6 Å². The van der Waals surface area contributed by atoms with E-state index in [1.54, 1.807) is 30.6 Å². The molecule has 6 heteroatoms. The van der Waals surface area contributed by atoms with Crippen molar-refractivity contribution in [2.24, 2.45) is 0 Å². The van der Waals surface area contributed by atoms with Crippen LogP contribution in [0.2, 0.25) is 0 Å². The number of aliphatic hydroxyl groups excluding tert-OH is 1. The summed E-state index contributed by atoms with van der Waals surface area (Å²) in [6.45, 7) is 3.81. The molecule has 150 valence electrons. The number of rotatable bonds is 3. The quantitative estimate of drug-likeness (QED) is 0.399. The van der Waals surface area contributed by atoms with Crippen LogP contribution in [0.5, 0.6) is 0 Å². The molecular formula is C24H19FN2O3. The second-order valence-electron chi connectivity index (χ2n) is 7.25. The summed E-state index contributed by atoms with van der Waals surface area (Å²) in [5.74, 6) is -2.36. The zero-order valence-electron chi connectivity index (χ0n) is 16.5. The number of pyridine rings is 1. The fourth-order valence-corrected chi connectivity index (χ4v) is 3.77. The standard InChI is InChI=1S/C24H19FN2O3/c1-14-5-10-19(15(2)12-14)27-21(17-4-3-11-26-13-17)20(23(29)24(27)30)22(28)16-6-8-18(25)9-7-16/h3-13,21,28H,1-2H3/b22-20+. The van der Waals surface area contributed by atoms with Crippen molar-refractivity contribution < 1.29 is 19.1 Å². The van der Waals surface area contributed by atoms with E-state index in [1.165, 1.54) is 29.2 Å². The molecule has 1 aromatic heterocycles. The van der Waals surface area contributed by atoms with E-state index < -0.39 is 23.5 Å². The Bertz CT molecular complexity index is 1170. The van der Waals surface area contributed by atoms with Crippen LogP contribution in [-0.4, -0.2) is 21.8 Å². The molecule has 1 saturated heterocycles. The fraction of sp³-hybridized carbons (Fsp3) is 0.125. The van der Waals surface area contributed by atoms with E-state index in [-0.39, 0.29) is 16.9 Å². The first-order valence-electron chi connectivity index (χ1n) is 9.42. The van der Waals surface area contributed by atoms with E-state index in [2.05, 4.69) is 4.98 Å². The molecule has 0 spiro atoms. The summed E-state index contributed by atoms with van der Waals surface area (Å²) in [4.78, 5) is 31.6. The van der Waals surface area contributed by atoms with E-state index in [9.17, 15) is 19.1 Å². The molecule has 1 aliphatic rings. The number of amides is 1. The van der Waals surface area contributed by atoms with E-state index >= 15 is 0 Å². The summed E-state index contributed by atoms with van der Waals surface area (Å²) in [6.07, 6.45) is 3.15. The van der Waals surface area contributed by atoms with E-state index in [0.29, 0.717) is 11.3 Å². The Morgan fingerprint density at radius 2 is 1.80 bits per heavy atom. The predicted octanol–water partition coefficient (Wildman–Crippen LogP) is 4.46. The number of Topliss-reactive ketones (excluding diaryl/α,β-unsaturated/α-hetero) is 1. The number of ketones is 1. The lowest BCUT2D eigenvalue weighted by atomic mass is 9.96. The van der Waals surface area contributed by atoms with Gasteiger partial charge in [0.25, 0.3) is 11.7 Å². The largest absolute Gasteiger partial charge is 0.507 e. The third kappa shape index (κ3) is 3.26. The van der Waals surface area contributed by atoms with Crippen LogP contribution in [0.1, 0.15) is 28.3 Å². The van der Waals surface area contributed by atoms with Crippen molar-refractivity contribution in [2.75, 3.05) is 4.90 Å². The molecular weight excluding hydrogens is 383 g/mol. The van der Waals surface area contributed by atoms with Crippen LogP contribution in [0.15, 0.2) is 72.6 Å². The van der Waals surface area contributed by atoms with Gasteiger partial charge in [-0.2, -0.15) is 0 Å². The topological polar surface area (TPSA) is 70.5 Å². The second kappa shape index (κ2) is 7.55. The summed E-state index contributed by atoms with van der Waals surface area (Å²) >= 11 is 0.